The van der Waals surface area contributed by atoms with Gasteiger partial charge in [0.2, 0.25) is 0 Å². The van der Waals surface area contributed by atoms with Crippen molar-refractivity contribution in [2.24, 2.45) is 5.10 Å². The molecule has 0 atom stereocenters. The topological polar surface area (TPSA) is 49.3 Å². The van der Waals surface area contributed by atoms with Crippen LogP contribution in [0.3, 0.4) is 0 Å². The van der Waals surface area contributed by atoms with Gasteiger partial charge in [0, 0.05) is 11.4 Å². The highest BCUT2D eigenvalue weighted by atomic mass is 32.1. The van der Waals surface area contributed by atoms with E-state index in [-0.39, 0.29) is 0 Å². The second-order valence-electron chi connectivity index (χ2n) is 3.89. The Morgan fingerprint density at radius 1 is 1.16 bits per heavy atom. The first kappa shape index (κ1) is 13.2. The Hall–Kier alpha value is -2.27. The maximum absolute atomic E-state index is 5.12. The summed E-state index contributed by atoms with van der Waals surface area (Å²) in [6.07, 6.45) is 1.63. The van der Waals surface area contributed by atoms with Crippen molar-refractivity contribution >= 4 is 29.2 Å². The predicted molar refractivity (Wildman–Crippen MR) is 82.4 cm³/mol. The van der Waals surface area contributed by atoms with E-state index < -0.39 is 0 Å². The number of thiocarbonyl (C=S) groups is 1. The van der Waals surface area contributed by atoms with Gasteiger partial charge in [-0.3, -0.25) is 10.4 Å². The third-order valence-electron chi connectivity index (χ3n) is 2.30. The Balaban J connectivity index is 1.87. The van der Waals surface area contributed by atoms with Crippen LogP contribution in [0.5, 0.6) is 0 Å². The molecule has 0 saturated heterocycles. The van der Waals surface area contributed by atoms with Gasteiger partial charge in [0.1, 0.15) is 0 Å². The minimum absolute atomic E-state index is 0.440. The summed E-state index contributed by atoms with van der Waals surface area (Å²) in [5, 5.41) is 7.50. The van der Waals surface area contributed by atoms with Crippen molar-refractivity contribution in [2.45, 2.75) is 6.92 Å². The van der Waals surface area contributed by atoms with Crippen LogP contribution in [-0.4, -0.2) is 16.3 Å². The Morgan fingerprint density at radius 3 is 2.68 bits per heavy atom. The summed E-state index contributed by atoms with van der Waals surface area (Å²) in [6, 6.07) is 15.4. The molecule has 4 nitrogen and oxygen atoms in total. The fraction of sp³-hybridized carbons (Fsp3) is 0.0714. The average Bonchev–Trinajstić information content (AvgIpc) is 2.40. The zero-order chi connectivity index (χ0) is 13.5. The molecule has 2 rings (SSSR count). The van der Waals surface area contributed by atoms with E-state index in [0.717, 1.165) is 17.1 Å². The van der Waals surface area contributed by atoms with E-state index in [1.165, 1.54) is 0 Å². The van der Waals surface area contributed by atoms with Crippen molar-refractivity contribution in [3.63, 3.8) is 0 Å². The lowest BCUT2D eigenvalue weighted by Crippen LogP contribution is -2.23. The Morgan fingerprint density at radius 2 is 1.95 bits per heavy atom. The van der Waals surface area contributed by atoms with E-state index in [1.807, 2.05) is 55.5 Å². The van der Waals surface area contributed by atoms with E-state index >= 15 is 0 Å². The fourth-order valence-corrected chi connectivity index (χ4v) is 1.64. The molecule has 0 bridgehead atoms. The SMILES string of the molecule is Cc1cccc(/C=N/NC(=S)Nc2ccccc2)n1. The van der Waals surface area contributed by atoms with Crippen LogP contribution in [0.2, 0.25) is 0 Å². The van der Waals surface area contributed by atoms with Crippen LogP contribution < -0.4 is 10.7 Å². The van der Waals surface area contributed by atoms with Crippen LogP contribution in [0.4, 0.5) is 5.69 Å². The number of anilines is 1. The molecule has 0 amide bonds. The van der Waals surface area contributed by atoms with Gasteiger partial charge in [-0.2, -0.15) is 5.10 Å². The van der Waals surface area contributed by atoms with Crippen LogP contribution in [-0.2, 0) is 0 Å². The zero-order valence-corrected chi connectivity index (χ0v) is 11.3. The summed E-state index contributed by atoms with van der Waals surface area (Å²) in [4.78, 5) is 4.30. The molecule has 0 radical (unpaired) electrons. The van der Waals surface area contributed by atoms with E-state index in [2.05, 4.69) is 20.8 Å². The number of aryl methyl sites for hydroxylation is 1. The van der Waals surface area contributed by atoms with Gasteiger partial charge in [-0.05, 0) is 43.4 Å². The minimum Gasteiger partial charge on any atom is -0.331 e. The molecule has 19 heavy (non-hydrogen) atoms. The number of hydrogen-bond donors (Lipinski definition) is 2. The molecule has 0 fully saturated rings. The molecule has 5 heteroatoms. The second-order valence-corrected chi connectivity index (χ2v) is 4.30. The molecule has 1 aromatic carbocycles. The van der Waals surface area contributed by atoms with Gasteiger partial charge in [0.25, 0.3) is 0 Å². The zero-order valence-electron chi connectivity index (χ0n) is 10.5. The Bertz CT molecular complexity index is 581. The molecule has 0 aliphatic rings. The summed E-state index contributed by atoms with van der Waals surface area (Å²) in [5.41, 5.74) is 5.41. The van der Waals surface area contributed by atoms with Gasteiger partial charge in [-0.1, -0.05) is 24.3 Å². The third-order valence-corrected chi connectivity index (χ3v) is 2.50. The highest BCUT2D eigenvalue weighted by Crippen LogP contribution is 2.04. The first-order valence-electron chi connectivity index (χ1n) is 5.83. The lowest BCUT2D eigenvalue weighted by atomic mass is 10.3. The molecule has 2 aromatic rings. The highest BCUT2D eigenvalue weighted by molar-refractivity contribution is 7.80. The number of para-hydroxylation sites is 1. The number of aromatic nitrogens is 1. The average molecular weight is 270 g/mol. The molecule has 0 saturated carbocycles. The molecule has 96 valence electrons. The van der Waals surface area contributed by atoms with Crippen LogP contribution in [0, 0.1) is 6.92 Å². The van der Waals surface area contributed by atoms with Gasteiger partial charge in [0.15, 0.2) is 5.11 Å². The summed E-state index contributed by atoms with van der Waals surface area (Å²) < 4.78 is 0. The van der Waals surface area contributed by atoms with Gasteiger partial charge >= 0.3 is 0 Å². The molecule has 0 aliphatic heterocycles. The smallest absolute Gasteiger partial charge is 0.191 e. The Labute approximate surface area is 117 Å². The maximum atomic E-state index is 5.12. The van der Waals surface area contributed by atoms with Crippen molar-refractivity contribution in [3.8, 4) is 0 Å². The standard InChI is InChI=1S/C14H14N4S/c1-11-6-5-9-13(16-11)10-15-18-14(19)17-12-7-3-2-4-8-12/h2-10H,1H3,(H2,17,18,19)/b15-10+. The maximum Gasteiger partial charge on any atom is 0.191 e. The molecular weight excluding hydrogens is 256 g/mol. The van der Waals surface area contributed by atoms with E-state index in [0.29, 0.717) is 5.11 Å². The van der Waals surface area contributed by atoms with E-state index in [4.69, 9.17) is 12.2 Å². The van der Waals surface area contributed by atoms with Crippen molar-refractivity contribution in [1.82, 2.24) is 10.4 Å². The number of nitrogens with one attached hydrogen (secondary N) is 2. The van der Waals surface area contributed by atoms with Crippen LogP contribution in [0.25, 0.3) is 0 Å². The minimum atomic E-state index is 0.440. The lowest BCUT2D eigenvalue weighted by Gasteiger charge is -2.05. The van der Waals surface area contributed by atoms with Gasteiger partial charge in [-0.15, -0.1) is 0 Å². The van der Waals surface area contributed by atoms with Gasteiger partial charge in [-0.25, -0.2) is 0 Å². The summed E-state index contributed by atoms with van der Waals surface area (Å²) in [7, 11) is 0. The molecule has 2 N–H and O–H groups in total. The molecule has 0 unspecified atom stereocenters. The number of rotatable bonds is 3. The van der Waals surface area contributed by atoms with Crippen LogP contribution in [0.1, 0.15) is 11.4 Å². The van der Waals surface area contributed by atoms with E-state index in [9.17, 15) is 0 Å². The first-order valence-corrected chi connectivity index (χ1v) is 6.23. The predicted octanol–water partition coefficient (Wildman–Crippen LogP) is 2.71. The van der Waals surface area contributed by atoms with Crippen molar-refractivity contribution in [3.05, 3.63) is 59.9 Å². The van der Waals surface area contributed by atoms with Crippen LogP contribution in [0.15, 0.2) is 53.6 Å². The molecular formula is C14H14N4S. The Kier molecular flexibility index (Phi) is 4.58. The van der Waals surface area contributed by atoms with Gasteiger partial charge in [0.05, 0.1) is 11.9 Å². The number of benzene rings is 1. The number of hydrazone groups is 1. The summed E-state index contributed by atoms with van der Waals surface area (Å²) >= 11 is 5.12. The second kappa shape index (κ2) is 6.61. The largest absolute Gasteiger partial charge is 0.331 e. The fourth-order valence-electron chi connectivity index (χ4n) is 1.47. The lowest BCUT2D eigenvalue weighted by molar-refractivity contribution is 1.04. The number of nitrogens with zero attached hydrogens (tertiary/aromatic N) is 2. The summed E-state index contributed by atoms with van der Waals surface area (Å²) in [5.74, 6) is 0. The molecule has 1 aromatic heterocycles. The van der Waals surface area contributed by atoms with Crippen molar-refractivity contribution < 1.29 is 0 Å². The van der Waals surface area contributed by atoms with Crippen LogP contribution >= 0.6 is 12.2 Å². The normalized spacial score (nSPS) is 10.4. The van der Waals surface area contributed by atoms with Gasteiger partial charge < -0.3 is 5.32 Å². The summed E-state index contributed by atoms with van der Waals surface area (Å²) in [6.45, 7) is 1.94. The quantitative estimate of drug-likeness (QED) is 0.511. The highest BCUT2D eigenvalue weighted by Gasteiger charge is 1.94. The third kappa shape index (κ3) is 4.48. The molecule has 0 spiro atoms. The number of pyridine rings is 1. The number of hydrogen-bond acceptors (Lipinski definition) is 3. The first-order chi connectivity index (χ1) is 9.24. The van der Waals surface area contributed by atoms with E-state index in [1.54, 1.807) is 6.21 Å². The van der Waals surface area contributed by atoms with Crippen molar-refractivity contribution in [2.75, 3.05) is 5.32 Å². The molecule has 1 heterocycles. The monoisotopic (exact) mass is 270 g/mol. The van der Waals surface area contributed by atoms with Crippen molar-refractivity contribution in [1.29, 1.82) is 0 Å². The molecule has 0 aliphatic carbocycles.